The van der Waals surface area contributed by atoms with Crippen molar-refractivity contribution in [3.05, 3.63) is 56.4 Å². The Bertz CT molecular complexity index is 916. The molecule has 1 N–H and O–H groups in total. The molecule has 0 aliphatic heterocycles. The topological polar surface area (TPSA) is 64.0 Å². The van der Waals surface area contributed by atoms with Gasteiger partial charge in [0.25, 0.3) is 5.56 Å². The number of aromatic nitrogens is 2. The largest absolute Gasteiger partial charge is 0.326 e. The number of anilines is 1. The summed E-state index contributed by atoms with van der Waals surface area (Å²) in [6.07, 6.45) is 1.60. The Labute approximate surface area is 145 Å². The van der Waals surface area contributed by atoms with Gasteiger partial charge in [0.2, 0.25) is 5.91 Å². The first kappa shape index (κ1) is 16.0. The molecule has 0 aliphatic rings. The molecular formula is C15H11Cl2N3O2S. The van der Waals surface area contributed by atoms with Crippen LogP contribution in [-0.4, -0.2) is 15.5 Å². The molecule has 0 unspecified atom stereocenters. The zero-order valence-corrected chi connectivity index (χ0v) is 14.1. The normalized spacial score (nSPS) is 10.9. The average Bonchev–Trinajstić information content (AvgIpc) is 2.94. The predicted molar refractivity (Wildman–Crippen MR) is 93.6 cm³/mol. The van der Waals surface area contributed by atoms with Gasteiger partial charge < -0.3 is 5.32 Å². The van der Waals surface area contributed by atoms with E-state index in [4.69, 9.17) is 23.2 Å². The molecule has 118 valence electrons. The minimum atomic E-state index is -0.236. The number of nitrogens with one attached hydrogen (secondary N) is 1. The van der Waals surface area contributed by atoms with E-state index in [0.29, 0.717) is 25.9 Å². The minimum absolute atomic E-state index is 0.140. The molecule has 5 nitrogen and oxygen atoms in total. The summed E-state index contributed by atoms with van der Waals surface area (Å²) in [6, 6.07) is 6.53. The third-order valence-corrected chi connectivity index (χ3v) is 4.43. The monoisotopic (exact) mass is 367 g/mol. The fourth-order valence-electron chi connectivity index (χ4n) is 2.12. The van der Waals surface area contributed by atoms with Gasteiger partial charge in [-0.25, -0.2) is 4.98 Å². The van der Waals surface area contributed by atoms with Crippen molar-refractivity contribution in [1.82, 2.24) is 9.55 Å². The SMILES string of the molecule is O=C(CCn1cnc2sccc2c1=O)Nc1cc(Cl)cc(Cl)c1. The molecule has 23 heavy (non-hydrogen) atoms. The Balaban J connectivity index is 1.68. The zero-order chi connectivity index (χ0) is 16.4. The molecule has 0 radical (unpaired) electrons. The number of fused-ring (bicyclic) bond motifs is 1. The van der Waals surface area contributed by atoms with Crippen LogP contribution in [0.4, 0.5) is 5.69 Å². The molecule has 0 aliphatic carbocycles. The van der Waals surface area contributed by atoms with E-state index in [-0.39, 0.29) is 24.4 Å². The number of benzene rings is 1. The van der Waals surface area contributed by atoms with Crippen LogP contribution in [-0.2, 0) is 11.3 Å². The first-order valence-electron chi connectivity index (χ1n) is 6.71. The number of amides is 1. The van der Waals surface area contributed by atoms with Crippen LogP contribution in [0.1, 0.15) is 6.42 Å². The second-order valence-corrected chi connectivity index (χ2v) is 6.61. The highest BCUT2D eigenvalue weighted by Gasteiger charge is 2.08. The lowest BCUT2D eigenvalue weighted by Gasteiger charge is -2.08. The molecule has 0 saturated heterocycles. The van der Waals surface area contributed by atoms with Crippen LogP contribution in [0.5, 0.6) is 0 Å². The van der Waals surface area contributed by atoms with E-state index in [2.05, 4.69) is 10.3 Å². The lowest BCUT2D eigenvalue weighted by Crippen LogP contribution is -2.23. The maximum atomic E-state index is 12.2. The van der Waals surface area contributed by atoms with Gasteiger partial charge in [-0.3, -0.25) is 14.2 Å². The smallest absolute Gasteiger partial charge is 0.262 e. The van der Waals surface area contributed by atoms with Gasteiger partial charge in [0, 0.05) is 28.7 Å². The summed E-state index contributed by atoms with van der Waals surface area (Å²) in [5.74, 6) is -0.236. The Hall–Kier alpha value is -1.89. The van der Waals surface area contributed by atoms with Gasteiger partial charge in [-0.05, 0) is 29.6 Å². The molecule has 8 heteroatoms. The fraction of sp³-hybridized carbons (Fsp3) is 0.133. The summed E-state index contributed by atoms with van der Waals surface area (Å²) < 4.78 is 1.43. The molecule has 0 saturated carbocycles. The van der Waals surface area contributed by atoms with Gasteiger partial charge in [-0.1, -0.05) is 23.2 Å². The van der Waals surface area contributed by atoms with Crippen molar-refractivity contribution in [2.45, 2.75) is 13.0 Å². The van der Waals surface area contributed by atoms with E-state index in [9.17, 15) is 9.59 Å². The van der Waals surface area contributed by atoms with Gasteiger partial charge in [-0.15, -0.1) is 11.3 Å². The lowest BCUT2D eigenvalue weighted by molar-refractivity contribution is -0.116. The second kappa shape index (κ2) is 6.70. The van der Waals surface area contributed by atoms with Crippen LogP contribution >= 0.6 is 34.5 Å². The number of aryl methyl sites for hydroxylation is 1. The molecule has 0 spiro atoms. The van der Waals surface area contributed by atoms with E-state index in [1.54, 1.807) is 24.3 Å². The van der Waals surface area contributed by atoms with Gasteiger partial charge in [0.15, 0.2) is 0 Å². The van der Waals surface area contributed by atoms with Crippen LogP contribution in [0.3, 0.4) is 0 Å². The Morgan fingerprint density at radius 3 is 2.74 bits per heavy atom. The minimum Gasteiger partial charge on any atom is -0.326 e. The van der Waals surface area contributed by atoms with Gasteiger partial charge >= 0.3 is 0 Å². The second-order valence-electron chi connectivity index (χ2n) is 4.84. The van der Waals surface area contributed by atoms with E-state index < -0.39 is 0 Å². The van der Waals surface area contributed by atoms with Gasteiger partial charge in [-0.2, -0.15) is 0 Å². The molecule has 2 aromatic heterocycles. The summed E-state index contributed by atoms with van der Waals surface area (Å²) in [5, 5.41) is 5.97. The van der Waals surface area contributed by atoms with Crippen LogP contribution in [0, 0.1) is 0 Å². The van der Waals surface area contributed by atoms with E-state index in [0.717, 1.165) is 0 Å². The number of thiophene rings is 1. The summed E-state index contributed by atoms with van der Waals surface area (Å²) in [6.45, 7) is 0.248. The highest BCUT2D eigenvalue weighted by Crippen LogP contribution is 2.22. The predicted octanol–water partition coefficient (Wildman–Crippen LogP) is 3.79. The standard InChI is InChI=1S/C15H11Cl2N3O2S/c16-9-5-10(17)7-11(6-9)19-13(21)1-3-20-8-18-14-12(15(20)22)2-4-23-14/h2,4-8H,1,3H2,(H,19,21). The zero-order valence-electron chi connectivity index (χ0n) is 11.8. The number of hydrogen-bond acceptors (Lipinski definition) is 4. The van der Waals surface area contributed by atoms with E-state index in [1.807, 2.05) is 5.38 Å². The fourth-order valence-corrected chi connectivity index (χ4v) is 3.37. The first-order valence-corrected chi connectivity index (χ1v) is 8.35. The molecule has 0 fully saturated rings. The van der Waals surface area contributed by atoms with Crippen molar-refractivity contribution >= 4 is 56.3 Å². The number of hydrogen-bond donors (Lipinski definition) is 1. The van der Waals surface area contributed by atoms with Crippen molar-refractivity contribution < 1.29 is 4.79 Å². The third-order valence-electron chi connectivity index (χ3n) is 3.18. The van der Waals surface area contributed by atoms with E-state index in [1.165, 1.54) is 22.2 Å². The Morgan fingerprint density at radius 2 is 2.00 bits per heavy atom. The van der Waals surface area contributed by atoms with Gasteiger partial charge in [0.05, 0.1) is 11.7 Å². The highest BCUT2D eigenvalue weighted by molar-refractivity contribution is 7.16. The lowest BCUT2D eigenvalue weighted by atomic mass is 10.3. The number of rotatable bonds is 4. The van der Waals surface area contributed by atoms with Crippen LogP contribution in [0.25, 0.3) is 10.2 Å². The molecule has 1 aromatic carbocycles. The molecule has 2 heterocycles. The number of halogens is 2. The Kier molecular flexibility index (Phi) is 4.66. The van der Waals surface area contributed by atoms with Crippen LogP contribution in [0.15, 0.2) is 40.8 Å². The van der Waals surface area contributed by atoms with Crippen molar-refractivity contribution in [2.24, 2.45) is 0 Å². The summed E-state index contributed by atoms with van der Waals surface area (Å²) in [7, 11) is 0. The van der Waals surface area contributed by atoms with Crippen molar-refractivity contribution in [3.8, 4) is 0 Å². The maximum absolute atomic E-state index is 12.2. The quantitative estimate of drug-likeness (QED) is 0.762. The summed E-state index contributed by atoms with van der Waals surface area (Å²) >= 11 is 13.2. The molecule has 1 amide bonds. The average molecular weight is 368 g/mol. The molecular weight excluding hydrogens is 357 g/mol. The number of carbonyl (C=O) groups is 1. The van der Waals surface area contributed by atoms with Crippen LogP contribution < -0.4 is 10.9 Å². The molecule has 0 bridgehead atoms. The van der Waals surface area contributed by atoms with E-state index >= 15 is 0 Å². The first-order chi connectivity index (χ1) is 11.0. The number of nitrogens with zero attached hydrogens (tertiary/aromatic N) is 2. The summed E-state index contributed by atoms with van der Waals surface area (Å²) in [5.41, 5.74) is 0.376. The van der Waals surface area contributed by atoms with Crippen molar-refractivity contribution in [1.29, 1.82) is 0 Å². The van der Waals surface area contributed by atoms with Crippen molar-refractivity contribution in [3.63, 3.8) is 0 Å². The molecule has 3 rings (SSSR count). The third kappa shape index (κ3) is 3.72. The summed E-state index contributed by atoms with van der Waals surface area (Å²) in [4.78, 5) is 29.1. The maximum Gasteiger partial charge on any atom is 0.262 e. The molecule has 0 atom stereocenters. The number of carbonyl (C=O) groups excluding carboxylic acids is 1. The van der Waals surface area contributed by atoms with Crippen molar-refractivity contribution in [2.75, 3.05) is 5.32 Å². The highest BCUT2D eigenvalue weighted by atomic mass is 35.5. The van der Waals surface area contributed by atoms with Crippen LogP contribution in [0.2, 0.25) is 10.0 Å². The van der Waals surface area contributed by atoms with Gasteiger partial charge in [0.1, 0.15) is 4.83 Å². The molecule has 3 aromatic rings. The Morgan fingerprint density at radius 1 is 1.26 bits per heavy atom.